The minimum atomic E-state index is -0.854. The molecule has 0 spiro atoms. The van der Waals surface area contributed by atoms with Crippen LogP contribution in [0.4, 0.5) is 10.2 Å². The summed E-state index contributed by atoms with van der Waals surface area (Å²) in [6, 6.07) is 3.12. The van der Waals surface area contributed by atoms with Crippen LogP contribution in [-0.2, 0) is 0 Å². The van der Waals surface area contributed by atoms with Crippen LogP contribution in [0.15, 0.2) is 23.0 Å². The number of hydrogen-bond donors (Lipinski definition) is 2. The van der Waals surface area contributed by atoms with Crippen LogP contribution in [0.5, 0.6) is 0 Å². The lowest BCUT2D eigenvalue weighted by molar-refractivity contribution is 0.0880. The highest BCUT2D eigenvalue weighted by Gasteiger charge is 2.32. The summed E-state index contributed by atoms with van der Waals surface area (Å²) in [5.41, 5.74) is 4.22. The Morgan fingerprint density at radius 1 is 1.14 bits per heavy atom. The van der Waals surface area contributed by atoms with E-state index in [0.29, 0.717) is 4.57 Å². The van der Waals surface area contributed by atoms with Crippen LogP contribution in [0.25, 0.3) is 5.69 Å². The summed E-state index contributed by atoms with van der Waals surface area (Å²) in [5, 5.41) is 1.78. The number of aromatic nitrogens is 1. The lowest BCUT2D eigenvalue weighted by atomic mass is 10.1. The number of benzene rings is 1. The first kappa shape index (κ1) is 14.6. The highest BCUT2D eigenvalue weighted by molar-refractivity contribution is 6.43. The first-order chi connectivity index (χ1) is 10.3. The number of imide groups is 1. The van der Waals surface area contributed by atoms with Crippen LogP contribution >= 0.6 is 23.2 Å². The first-order valence-electron chi connectivity index (χ1n) is 5.88. The molecule has 2 heterocycles. The van der Waals surface area contributed by atoms with Crippen LogP contribution < -0.4 is 16.6 Å². The SMILES string of the molecule is Nc1c2c(cc(=O)n1-c1c(F)ccc(Cl)c1Cl)C(=O)NC2=O. The van der Waals surface area contributed by atoms with Crippen molar-refractivity contribution in [3.8, 4) is 5.69 Å². The fourth-order valence-electron chi connectivity index (χ4n) is 2.23. The smallest absolute Gasteiger partial charge is 0.262 e. The molecule has 0 aliphatic carbocycles. The molecule has 3 N–H and O–H groups in total. The van der Waals surface area contributed by atoms with Crippen molar-refractivity contribution >= 4 is 40.8 Å². The van der Waals surface area contributed by atoms with Gasteiger partial charge in [0.25, 0.3) is 17.4 Å². The Morgan fingerprint density at radius 2 is 1.82 bits per heavy atom. The fraction of sp³-hybridized carbons (Fsp3) is 0. The Labute approximate surface area is 132 Å². The van der Waals surface area contributed by atoms with Gasteiger partial charge in [0.1, 0.15) is 17.3 Å². The summed E-state index contributed by atoms with van der Waals surface area (Å²) in [4.78, 5) is 35.5. The Balaban J connectivity index is 2.43. The molecule has 1 aliphatic heterocycles. The summed E-state index contributed by atoms with van der Waals surface area (Å²) >= 11 is 11.8. The Morgan fingerprint density at radius 3 is 2.50 bits per heavy atom. The summed E-state index contributed by atoms with van der Waals surface area (Å²) in [6.07, 6.45) is 0. The van der Waals surface area contributed by atoms with E-state index in [9.17, 15) is 18.8 Å². The molecule has 1 aliphatic rings. The molecule has 6 nitrogen and oxygen atoms in total. The molecular formula is C13H6Cl2FN3O3. The third kappa shape index (κ3) is 1.90. The number of hydrogen-bond acceptors (Lipinski definition) is 4. The number of nitrogen functional groups attached to an aromatic ring is 1. The minimum absolute atomic E-state index is 0.00499. The van der Waals surface area contributed by atoms with Crippen LogP contribution in [0.3, 0.4) is 0 Å². The maximum atomic E-state index is 14.1. The van der Waals surface area contributed by atoms with E-state index in [1.165, 1.54) is 6.07 Å². The van der Waals surface area contributed by atoms with Gasteiger partial charge in [-0.25, -0.2) is 4.39 Å². The fourth-order valence-corrected chi connectivity index (χ4v) is 2.62. The van der Waals surface area contributed by atoms with Crippen molar-refractivity contribution in [3.05, 3.63) is 55.5 Å². The summed E-state index contributed by atoms with van der Waals surface area (Å²) < 4.78 is 14.8. The zero-order valence-electron chi connectivity index (χ0n) is 10.6. The molecule has 112 valence electrons. The van der Waals surface area contributed by atoms with Crippen molar-refractivity contribution in [2.45, 2.75) is 0 Å². The Hall–Kier alpha value is -2.38. The molecular weight excluding hydrogens is 336 g/mol. The lowest BCUT2D eigenvalue weighted by Crippen LogP contribution is -2.25. The molecule has 3 rings (SSSR count). The number of nitrogens with one attached hydrogen (secondary N) is 1. The average Bonchev–Trinajstić information content (AvgIpc) is 2.73. The number of nitrogens with two attached hydrogens (primary N) is 1. The number of fused-ring (bicyclic) bond motifs is 1. The number of nitrogens with zero attached hydrogens (tertiary/aromatic N) is 1. The van der Waals surface area contributed by atoms with E-state index >= 15 is 0 Å². The van der Waals surface area contributed by atoms with E-state index in [0.717, 1.165) is 12.1 Å². The summed E-state index contributed by atoms with van der Waals surface area (Å²) in [5.74, 6) is -2.76. The second-order valence-electron chi connectivity index (χ2n) is 4.47. The van der Waals surface area contributed by atoms with Gasteiger partial charge in [-0.05, 0) is 12.1 Å². The summed E-state index contributed by atoms with van der Waals surface area (Å²) in [7, 11) is 0. The predicted octanol–water partition coefficient (Wildman–Crippen LogP) is 1.75. The predicted molar refractivity (Wildman–Crippen MR) is 78.2 cm³/mol. The molecule has 0 saturated heterocycles. The normalized spacial score (nSPS) is 13.2. The van der Waals surface area contributed by atoms with Gasteiger partial charge in [-0.1, -0.05) is 23.2 Å². The quantitative estimate of drug-likeness (QED) is 0.610. The molecule has 22 heavy (non-hydrogen) atoms. The van der Waals surface area contributed by atoms with Gasteiger partial charge in [-0.3, -0.25) is 24.3 Å². The molecule has 0 unspecified atom stereocenters. The van der Waals surface area contributed by atoms with E-state index in [-0.39, 0.29) is 26.9 Å². The average molecular weight is 342 g/mol. The molecule has 2 aromatic rings. The van der Waals surface area contributed by atoms with E-state index in [4.69, 9.17) is 28.9 Å². The zero-order valence-corrected chi connectivity index (χ0v) is 12.1. The van der Waals surface area contributed by atoms with Gasteiger partial charge in [-0.15, -0.1) is 0 Å². The largest absolute Gasteiger partial charge is 0.384 e. The van der Waals surface area contributed by atoms with Crippen LogP contribution in [-0.4, -0.2) is 16.4 Å². The monoisotopic (exact) mass is 341 g/mol. The van der Waals surface area contributed by atoms with Crippen molar-refractivity contribution < 1.29 is 14.0 Å². The molecule has 0 saturated carbocycles. The van der Waals surface area contributed by atoms with Gasteiger partial charge in [0, 0.05) is 6.07 Å². The maximum Gasteiger partial charge on any atom is 0.262 e. The number of pyridine rings is 1. The molecule has 0 radical (unpaired) electrons. The van der Waals surface area contributed by atoms with E-state index in [1.807, 2.05) is 5.32 Å². The number of rotatable bonds is 1. The molecule has 0 fully saturated rings. The number of carbonyl (C=O) groups excluding carboxylic acids is 2. The van der Waals surface area contributed by atoms with Crippen LogP contribution in [0.2, 0.25) is 10.0 Å². The number of anilines is 1. The van der Waals surface area contributed by atoms with Crippen molar-refractivity contribution in [3.63, 3.8) is 0 Å². The highest BCUT2D eigenvalue weighted by Crippen LogP contribution is 2.33. The van der Waals surface area contributed by atoms with Gasteiger partial charge >= 0.3 is 0 Å². The molecule has 2 amide bonds. The van der Waals surface area contributed by atoms with Gasteiger partial charge < -0.3 is 5.73 Å². The lowest BCUT2D eigenvalue weighted by Gasteiger charge is -2.14. The second kappa shape index (κ2) is 4.82. The van der Waals surface area contributed by atoms with Gasteiger partial charge in [-0.2, -0.15) is 0 Å². The molecule has 0 bridgehead atoms. The van der Waals surface area contributed by atoms with E-state index in [2.05, 4.69) is 0 Å². The topological polar surface area (TPSA) is 94.2 Å². The highest BCUT2D eigenvalue weighted by atomic mass is 35.5. The Bertz CT molecular complexity index is 924. The minimum Gasteiger partial charge on any atom is -0.384 e. The number of carbonyl (C=O) groups is 2. The maximum absolute atomic E-state index is 14.1. The standard InChI is InChI=1S/C13H6Cl2FN3O3/c14-5-1-2-6(16)10(9(5)15)19-7(20)3-4-8(11(19)17)13(22)18-12(4)21/h1-3H,17H2,(H,18,21,22). The second-order valence-corrected chi connectivity index (χ2v) is 5.25. The van der Waals surface area contributed by atoms with Crippen molar-refractivity contribution in [2.24, 2.45) is 0 Å². The van der Waals surface area contributed by atoms with Crippen LogP contribution in [0, 0.1) is 5.82 Å². The molecule has 9 heteroatoms. The van der Waals surface area contributed by atoms with Crippen molar-refractivity contribution in [1.29, 1.82) is 0 Å². The van der Waals surface area contributed by atoms with Crippen molar-refractivity contribution in [2.75, 3.05) is 5.73 Å². The van der Waals surface area contributed by atoms with Crippen molar-refractivity contribution in [1.82, 2.24) is 9.88 Å². The number of halogens is 3. The third-order valence-electron chi connectivity index (χ3n) is 3.20. The zero-order chi connectivity index (χ0) is 16.2. The molecule has 1 aromatic carbocycles. The molecule has 1 aromatic heterocycles. The van der Waals surface area contributed by atoms with E-state index in [1.54, 1.807) is 0 Å². The van der Waals surface area contributed by atoms with E-state index < -0.39 is 29.0 Å². The van der Waals surface area contributed by atoms with Gasteiger partial charge in [0.05, 0.1) is 21.2 Å². The van der Waals surface area contributed by atoms with Gasteiger partial charge in [0.15, 0.2) is 0 Å². The van der Waals surface area contributed by atoms with Crippen LogP contribution in [0.1, 0.15) is 20.7 Å². The third-order valence-corrected chi connectivity index (χ3v) is 3.99. The van der Waals surface area contributed by atoms with Gasteiger partial charge in [0.2, 0.25) is 0 Å². The summed E-state index contributed by atoms with van der Waals surface area (Å²) in [6.45, 7) is 0. The Kier molecular flexibility index (Phi) is 3.19. The first-order valence-corrected chi connectivity index (χ1v) is 6.63. The number of amides is 2. The molecule has 0 atom stereocenters.